The van der Waals surface area contributed by atoms with Gasteiger partial charge in [-0.05, 0) is 56.2 Å². The molecule has 0 saturated carbocycles. The standard InChI is InChI=1S/C20H30N2O3S.C2HF3O2/c23-26(24,16-18-6-2-1-3-7-18)22-12-8-20(9-13-22)14-19(25-17-20)15-21-10-4-5-11-21;3-2(4,5)1(6)7/h1-3,6-7,19H,4-5,8-17H2;(H,6,7). The van der Waals surface area contributed by atoms with E-state index in [-0.39, 0.29) is 11.2 Å². The summed E-state index contributed by atoms with van der Waals surface area (Å²) >= 11 is 0. The van der Waals surface area contributed by atoms with Crippen molar-refractivity contribution in [2.75, 3.05) is 39.3 Å². The van der Waals surface area contributed by atoms with Gasteiger partial charge in [-0.25, -0.2) is 17.5 Å². The Kier molecular flexibility index (Phi) is 8.41. The Morgan fingerprint density at radius 3 is 2.21 bits per heavy atom. The molecule has 0 bridgehead atoms. The minimum Gasteiger partial charge on any atom is -0.475 e. The highest BCUT2D eigenvalue weighted by Crippen LogP contribution is 2.43. The number of nitrogens with zero attached hydrogens (tertiary/aromatic N) is 2. The molecule has 1 unspecified atom stereocenters. The summed E-state index contributed by atoms with van der Waals surface area (Å²) in [6.45, 7) is 5.54. The first-order valence-electron chi connectivity index (χ1n) is 11.1. The summed E-state index contributed by atoms with van der Waals surface area (Å²) in [5.74, 6) is -2.65. The number of hydrogen-bond acceptors (Lipinski definition) is 5. The molecule has 0 amide bonds. The molecule has 3 heterocycles. The van der Waals surface area contributed by atoms with Crippen LogP contribution in [0.15, 0.2) is 30.3 Å². The largest absolute Gasteiger partial charge is 0.490 e. The number of ether oxygens (including phenoxy) is 1. The molecule has 7 nitrogen and oxygen atoms in total. The van der Waals surface area contributed by atoms with E-state index in [4.69, 9.17) is 14.6 Å². The van der Waals surface area contributed by atoms with Crippen LogP contribution in [0.1, 0.15) is 37.7 Å². The third-order valence-electron chi connectivity index (χ3n) is 6.56. The molecule has 1 N–H and O–H groups in total. The van der Waals surface area contributed by atoms with Gasteiger partial charge in [0, 0.05) is 19.6 Å². The van der Waals surface area contributed by atoms with Gasteiger partial charge in [-0.2, -0.15) is 13.2 Å². The molecule has 1 spiro atoms. The molecule has 3 aliphatic rings. The molecule has 4 rings (SSSR count). The molecule has 0 aliphatic carbocycles. The van der Waals surface area contributed by atoms with E-state index >= 15 is 0 Å². The van der Waals surface area contributed by atoms with Crippen LogP contribution in [0.5, 0.6) is 0 Å². The smallest absolute Gasteiger partial charge is 0.475 e. The molecular formula is C22H31F3N2O5S. The molecule has 0 radical (unpaired) electrons. The lowest BCUT2D eigenvalue weighted by Crippen LogP contribution is -2.44. The van der Waals surface area contributed by atoms with Crippen molar-refractivity contribution in [2.24, 2.45) is 5.41 Å². The number of carbonyl (C=O) groups is 1. The molecule has 1 aromatic rings. The van der Waals surface area contributed by atoms with E-state index in [1.54, 1.807) is 4.31 Å². The number of rotatable bonds is 5. The number of carboxylic acids is 1. The van der Waals surface area contributed by atoms with Crippen molar-refractivity contribution in [2.45, 2.75) is 50.1 Å². The molecule has 11 heteroatoms. The van der Waals surface area contributed by atoms with Gasteiger partial charge in [0.1, 0.15) is 0 Å². The summed E-state index contributed by atoms with van der Waals surface area (Å²) < 4.78 is 65.0. The summed E-state index contributed by atoms with van der Waals surface area (Å²) in [6, 6.07) is 9.48. The van der Waals surface area contributed by atoms with E-state index in [9.17, 15) is 21.6 Å². The molecule has 1 aromatic carbocycles. The quantitative estimate of drug-likeness (QED) is 0.680. The van der Waals surface area contributed by atoms with Gasteiger partial charge in [0.2, 0.25) is 10.0 Å². The molecule has 1 atom stereocenters. The molecule has 186 valence electrons. The normalized spacial score (nSPS) is 23.9. The first kappa shape index (κ1) is 25.9. The van der Waals surface area contributed by atoms with Crippen molar-refractivity contribution < 1.29 is 36.2 Å². The van der Waals surface area contributed by atoms with Gasteiger partial charge < -0.3 is 14.7 Å². The summed E-state index contributed by atoms with van der Waals surface area (Å²) in [6.07, 6.45) is 0.823. The Morgan fingerprint density at radius 2 is 1.67 bits per heavy atom. The summed E-state index contributed by atoms with van der Waals surface area (Å²) in [7, 11) is -3.23. The Labute approximate surface area is 192 Å². The predicted molar refractivity (Wildman–Crippen MR) is 116 cm³/mol. The number of halogens is 3. The zero-order chi connectivity index (χ0) is 24.1. The minimum absolute atomic E-state index is 0.106. The average molecular weight is 493 g/mol. The molecule has 3 fully saturated rings. The number of aliphatic carboxylic acids is 1. The maximum Gasteiger partial charge on any atom is 0.490 e. The van der Waals surface area contributed by atoms with E-state index in [1.165, 1.54) is 25.9 Å². The maximum atomic E-state index is 12.7. The summed E-state index contributed by atoms with van der Waals surface area (Å²) in [5, 5.41) is 7.12. The van der Waals surface area contributed by atoms with Crippen molar-refractivity contribution >= 4 is 16.0 Å². The van der Waals surface area contributed by atoms with Gasteiger partial charge in [-0.3, -0.25) is 0 Å². The van der Waals surface area contributed by atoms with Crippen LogP contribution in [-0.2, 0) is 25.3 Å². The van der Waals surface area contributed by atoms with E-state index in [1.807, 2.05) is 30.3 Å². The minimum atomic E-state index is -5.08. The Bertz CT molecular complexity index is 881. The van der Waals surface area contributed by atoms with Crippen molar-refractivity contribution in [3.63, 3.8) is 0 Å². The van der Waals surface area contributed by atoms with Gasteiger partial charge in [0.25, 0.3) is 0 Å². The van der Waals surface area contributed by atoms with Crippen LogP contribution in [0.2, 0.25) is 0 Å². The lowest BCUT2D eigenvalue weighted by molar-refractivity contribution is -0.192. The van der Waals surface area contributed by atoms with Gasteiger partial charge in [0.05, 0.1) is 18.5 Å². The van der Waals surface area contributed by atoms with Crippen LogP contribution >= 0.6 is 0 Å². The summed E-state index contributed by atoms with van der Waals surface area (Å²) in [4.78, 5) is 11.4. The third-order valence-corrected chi connectivity index (χ3v) is 8.41. The lowest BCUT2D eigenvalue weighted by atomic mass is 9.77. The third kappa shape index (κ3) is 7.40. The number of carboxylic acid groups (broad SMARTS) is 1. The lowest BCUT2D eigenvalue weighted by Gasteiger charge is -2.37. The first-order chi connectivity index (χ1) is 15.5. The molecule has 0 aromatic heterocycles. The zero-order valence-corrected chi connectivity index (χ0v) is 19.3. The number of hydrogen-bond donors (Lipinski definition) is 1. The van der Waals surface area contributed by atoms with Gasteiger partial charge in [0.15, 0.2) is 0 Å². The second-order valence-electron chi connectivity index (χ2n) is 9.09. The average Bonchev–Trinajstić information content (AvgIpc) is 3.39. The number of piperidine rings is 1. The van der Waals surface area contributed by atoms with Crippen molar-refractivity contribution in [3.8, 4) is 0 Å². The van der Waals surface area contributed by atoms with Crippen LogP contribution in [0, 0.1) is 5.41 Å². The van der Waals surface area contributed by atoms with Crippen molar-refractivity contribution in [1.82, 2.24) is 9.21 Å². The number of benzene rings is 1. The Morgan fingerprint density at radius 1 is 1.09 bits per heavy atom. The second kappa shape index (κ2) is 10.7. The molecular weight excluding hydrogens is 461 g/mol. The van der Waals surface area contributed by atoms with Crippen molar-refractivity contribution in [3.05, 3.63) is 35.9 Å². The van der Waals surface area contributed by atoms with Crippen molar-refractivity contribution in [1.29, 1.82) is 0 Å². The van der Waals surface area contributed by atoms with Crippen LogP contribution in [0.4, 0.5) is 13.2 Å². The van der Waals surface area contributed by atoms with E-state index in [0.29, 0.717) is 19.2 Å². The fourth-order valence-electron chi connectivity index (χ4n) is 4.73. The maximum absolute atomic E-state index is 12.7. The second-order valence-corrected chi connectivity index (χ2v) is 11.1. The first-order valence-corrected chi connectivity index (χ1v) is 12.8. The fourth-order valence-corrected chi connectivity index (χ4v) is 6.26. The highest BCUT2D eigenvalue weighted by atomic mass is 32.2. The zero-order valence-electron chi connectivity index (χ0n) is 18.5. The SMILES string of the molecule is O=C(O)C(F)(F)F.O=S(=O)(Cc1ccccc1)N1CCC2(CC1)COC(CN1CCCC1)C2. The van der Waals surface area contributed by atoms with Crippen LogP contribution in [0.25, 0.3) is 0 Å². The van der Waals surface area contributed by atoms with Gasteiger partial charge in [-0.1, -0.05) is 30.3 Å². The van der Waals surface area contributed by atoms with Crippen LogP contribution < -0.4 is 0 Å². The highest BCUT2D eigenvalue weighted by molar-refractivity contribution is 7.88. The van der Waals surface area contributed by atoms with E-state index in [2.05, 4.69) is 4.90 Å². The van der Waals surface area contributed by atoms with E-state index < -0.39 is 22.2 Å². The monoisotopic (exact) mass is 492 g/mol. The molecule has 33 heavy (non-hydrogen) atoms. The Balaban J connectivity index is 0.000000383. The predicted octanol–water partition coefficient (Wildman–Crippen LogP) is 3.12. The number of sulfonamides is 1. The fraction of sp³-hybridized carbons (Fsp3) is 0.682. The Hall–Kier alpha value is -1.69. The summed E-state index contributed by atoms with van der Waals surface area (Å²) in [5.41, 5.74) is 1.06. The van der Waals surface area contributed by atoms with Crippen LogP contribution in [-0.4, -0.2) is 80.3 Å². The number of alkyl halides is 3. The van der Waals surface area contributed by atoms with Gasteiger partial charge in [-0.15, -0.1) is 0 Å². The number of likely N-dealkylation sites (tertiary alicyclic amines) is 1. The van der Waals surface area contributed by atoms with E-state index in [0.717, 1.165) is 38.0 Å². The van der Waals surface area contributed by atoms with Gasteiger partial charge >= 0.3 is 12.1 Å². The molecule has 3 aliphatic heterocycles. The highest BCUT2D eigenvalue weighted by Gasteiger charge is 2.44. The topological polar surface area (TPSA) is 87.1 Å². The van der Waals surface area contributed by atoms with Crippen LogP contribution in [0.3, 0.4) is 0 Å². The molecule has 3 saturated heterocycles.